The van der Waals surface area contributed by atoms with Gasteiger partial charge in [-0.05, 0) is 39.5 Å². The van der Waals surface area contributed by atoms with Crippen molar-refractivity contribution < 1.29 is 9.84 Å². The summed E-state index contributed by atoms with van der Waals surface area (Å²) in [7, 11) is 0. The normalized spacial score (nSPS) is 28.4. The number of rotatable bonds is 4. The zero-order chi connectivity index (χ0) is 12.3. The first-order valence-electron chi connectivity index (χ1n) is 7.17. The molecule has 1 N–H and O–H groups in total. The fourth-order valence-electron chi connectivity index (χ4n) is 3.63. The Kier molecular flexibility index (Phi) is 4.45. The summed E-state index contributed by atoms with van der Waals surface area (Å²) in [5, 5.41) is 9.20. The first-order chi connectivity index (χ1) is 8.17. The molecule has 0 radical (unpaired) electrons. The molecular weight excluding hydrogens is 214 g/mol. The highest BCUT2D eigenvalue weighted by molar-refractivity contribution is 4.94. The molecule has 1 heterocycles. The Hall–Kier alpha value is -0.120. The lowest BCUT2D eigenvalue weighted by Gasteiger charge is -2.44. The van der Waals surface area contributed by atoms with E-state index in [9.17, 15) is 5.11 Å². The summed E-state index contributed by atoms with van der Waals surface area (Å²) in [4.78, 5) is 2.46. The van der Waals surface area contributed by atoms with Gasteiger partial charge in [-0.3, -0.25) is 4.90 Å². The molecule has 0 aromatic carbocycles. The van der Waals surface area contributed by atoms with Crippen molar-refractivity contribution >= 4 is 0 Å². The summed E-state index contributed by atoms with van der Waals surface area (Å²) < 4.78 is 6.08. The van der Waals surface area contributed by atoms with Crippen molar-refractivity contribution in [1.29, 1.82) is 0 Å². The molecule has 1 spiro atoms. The Balaban J connectivity index is 1.99. The lowest BCUT2D eigenvalue weighted by Crippen LogP contribution is -2.50. The van der Waals surface area contributed by atoms with Gasteiger partial charge in [0.15, 0.2) is 0 Å². The molecule has 1 unspecified atom stereocenters. The smallest absolute Gasteiger partial charge is 0.0697 e. The van der Waals surface area contributed by atoms with Crippen molar-refractivity contribution in [3.05, 3.63) is 0 Å². The van der Waals surface area contributed by atoms with Gasteiger partial charge in [-0.25, -0.2) is 0 Å². The molecule has 2 aliphatic rings. The summed E-state index contributed by atoms with van der Waals surface area (Å²) in [6.07, 6.45) is 7.44. The molecule has 0 bridgehead atoms. The summed E-state index contributed by atoms with van der Waals surface area (Å²) in [6, 6.07) is 1.12. The van der Waals surface area contributed by atoms with Crippen molar-refractivity contribution in [2.75, 3.05) is 19.8 Å². The Morgan fingerprint density at radius 2 is 2.06 bits per heavy atom. The molecular formula is C14H27NO2. The average molecular weight is 241 g/mol. The fourth-order valence-corrected chi connectivity index (χ4v) is 3.63. The molecule has 3 nitrogen and oxygen atoms in total. The summed E-state index contributed by atoms with van der Waals surface area (Å²) in [6.45, 7) is 6.43. The van der Waals surface area contributed by atoms with Gasteiger partial charge in [0.25, 0.3) is 0 Å². The lowest BCUT2D eigenvalue weighted by molar-refractivity contribution is -0.106. The van der Waals surface area contributed by atoms with Crippen LogP contribution in [0, 0.1) is 0 Å². The molecule has 2 rings (SSSR count). The highest BCUT2D eigenvalue weighted by Crippen LogP contribution is 2.41. The number of hydrogen-bond acceptors (Lipinski definition) is 3. The van der Waals surface area contributed by atoms with Crippen molar-refractivity contribution in [2.45, 2.75) is 70.1 Å². The van der Waals surface area contributed by atoms with E-state index in [0.717, 1.165) is 19.6 Å². The predicted molar refractivity (Wildman–Crippen MR) is 69.1 cm³/mol. The minimum Gasteiger partial charge on any atom is -0.395 e. The molecule has 0 aromatic heterocycles. The van der Waals surface area contributed by atoms with Gasteiger partial charge in [-0.2, -0.15) is 0 Å². The molecule has 1 saturated heterocycles. The van der Waals surface area contributed by atoms with Gasteiger partial charge in [0.1, 0.15) is 0 Å². The van der Waals surface area contributed by atoms with Crippen LogP contribution in [-0.4, -0.2) is 47.4 Å². The minimum atomic E-state index is 0.186. The molecule has 2 fully saturated rings. The summed E-state index contributed by atoms with van der Waals surface area (Å²) in [5.74, 6) is 0. The Bertz CT molecular complexity index is 236. The van der Waals surface area contributed by atoms with Gasteiger partial charge in [-0.1, -0.05) is 12.8 Å². The van der Waals surface area contributed by atoms with Crippen LogP contribution in [-0.2, 0) is 4.74 Å². The number of ether oxygens (including phenoxy) is 1. The lowest BCUT2D eigenvalue weighted by atomic mass is 9.87. The molecule has 0 amide bonds. The third-order valence-corrected chi connectivity index (χ3v) is 4.47. The molecule has 1 aliphatic carbocycles. The third-order valence-electron chi connectivity index (χ3n) is 4.47. The van der Waals surface area contributed by atoms with Gasteiger partial charge in [0, 0.05) is 25.2 Å². The van der Waals surface area contributed by atoms with E-state index in [1.54, 1.807) is 0 Å². The topological polar surface area (TPSA) is 32.7 Å². The van der Waals surface area contributed by atoms with Gasteiger partial charge in [0.05, 0.1) is 12.2 Å². The third kappa shape index (κ3) is 3.01. The number of hydrogen-bond donors (Lipinski definition) is 1. The first-order valence-corrected chi connectivity index (χ1v) is 7.17. The Morgan fingerprint density at radius 1 is 1.35 bits per heavy atom. The average Bonchev–Trinajstić information content (AvgIpc) is 2.73. The van der Waals surface area contributed by atoms with E-state index in [1.165, 1.54) is 32.1 Å². The number of aliphatic hydroxyl groups excluding tert-OH is 1. The van der Waals surface area contributed by atoms with Crippen molar-refractivity contribution in [3.8, 4) is 0 Å². The van der Waals surface area contributed by atoms with E-state index in [1.807, 2.05) is 0 Å². The quantitative estimate of drug-likeness (QED) is 0.819. The van der Waals surface area contributed by atoms with E-state index < -0.39 is 0 Å². The van der Waals surface area contributed by atoms with Crippen LogP contribution >= 0.6 is 0 Å². The highest BCUT2D eigenvalue weighted by atomic mass is 16.5. The van der Waals surface area contributed by atoms with Gasteiger partial charge < -0.3 is 9.84 Å². The maximum absolute atomic E-state index is 9.20. The van der Waals surface area contributed by atoms with Crippen molar-refractivity contribution in [1.82, 2.24) is 4.90 Å². The number of nitrogens with zero attached hydrogens (tertiary/aromatic N) is 1. The van der Waals surface area contributed by atoms with Crippen LogP contribution in [0.1, 0.15) is 52.4 Å². The zero-order valence-electron chi connectivity index (χ0n) is 11.3. The van der Waals surface area contributed by atoms with Gasteiger partial charge >= 0.3 is 0 Å². The van der Waals surface area contributed by atoms with E-state index in [4.69, 9.17) is 4.74 Å². The van der Waals surface area contributed by atoms with Crippen LogP contribution in [0.3, 0.4) is 0 Å². The van der Waals surface area contributed by atoms with Crippen LogP contribution < -0.4 is 0 Å². The van der Waals surface area contributed by atoms with Crippen LogP contribution in [0.4, 0.5) is 0 Å². The second-order valence-corrected chi connectivity index (χ2v) is 5.94. The number of aliphatic hydroxyl groups is 1. The minimum absolute atomic E-state index is 0.186. The van der Waals surface area contributed by atoms with Gasteiger partial charge in [0.2, 0.25) is 0 Å². The molecule has 1 saturated carbocycles. The van der Waals surface area contributed by atoms with Crippen LogP contribution in [0.5, 0.6) is 0 Å². The standard InChI is InChI=1S/C14H27NO2/c1-12(2)15(8-9-16)13-5-10-17-14(11-13)6-3-4-7-14/h12-13,16H,3-11H2,1-2H3. The van der Waals surface area contributed by atoms with E-state index in [0.29, 0.717) is 12.1 Å². The Labute approximate surface area is 105 Å². The Morgan fingerprint density at radius 3 is 2.65 bits per heavy atom. The SMILES string of the molecule is CC(C)N(CCO)C1CCOC2(CCCC2)C1. The molecule has 3 heteroatoms. The first kappa shape index (κ1) is 13.3. The van der Waals surface area contributed by atoms with E-state index in [2.05, 4.69) is 18.7 Å². The van der Waals surface area contributed by atoms with Crippen LogP contribution in [0.25, 0.3) is 0 Å². The van der Waals surface area contributed by atoms with Crippen LogP contribution in [0.15, 0.2) is 0 Å². The predicted octanol–water partition coefficient (Wildman–Crippen LogP) is 2.18. The van der Waals surface area contributed by atoms with E-state index >= 15 is 0 Å². The second-order valence-electron chi connectivity index (χ2n) is 5.94. The maximum atomic E-state index is 9.20. The monoisotopic (exact) mass is 241 g/mol. The van der Waals surface area contributed by atoms with Crippen molar-refractivity contribution in [3.63, 3.8) is 0 Å². The molecule has 0 aromatic rings. The largest absolute Gasteiger partial charge is 0.395 e. The molecule has 1 atom stereocenters. The van der Waals surface area contributed by atoms with Crippen molar-refractivity contribution in [2.24, 2.45) is 0 Å². The van der Waals surface area contributed by atoms with Gasteiger partial charge in [-0.15, -0.1) is 0 Å². The summed E-state index contributed by atoms with van der Waals surface area (Å²) in [5.41, 5.74) is 0.186. The summed E-state index contributed by atoms with van der Waals surface area (Å²) >= 11 is 0. The highest BCUT2D eigenvalue weighted by Gasteiger charge is 2.41. The molecule has 17 heavy (non-hydrogen) atoms. The molecule has 100 valence electrons. The zero-order valence-corrected chi connectivity index (χ0v) is 11.3. The molecule has 1 aliphatic heterocycles. The fraction of sp³-hybridized carbons (Fsp3) is 1.00. The van der Waals surface area contributed by atoms with Crippen LogP contribution in [0.2, 0.25) is 0 Å². The second kappa shape index (κ2) is 5.68. The maximum Gasteiger partial charge on any atom is 0.0697 e. The van der Waals surface area contributed by atoms with E-state index in [-0.39, 0.29) is 12.2 Å².